The highest BCUT2D eigenvalue weighted by molar-refractivity contribution is 7.89. The highest BCUT2D eigenvalue weighted by Gasteiger charge is 2.26. The molecule has 8 nitrogen and oxygen atoms in total. The number of hydrogen-bond acceptors (Lipinski definition) is 6. The second-order valence-electron chi connectivity index (χ2n) is 9.82. The molecule has 3 heterocycles. The molecule has 0 atom stereocenters. The van der Waals surface area contributed by atoms with E-state index in [1.807, 2.05) is 13.0 Å². The van der Waals surface area contributed by atoms with Gasteiger partial charge in [-0.05, 0) is 93.0 Å². The van der Waals surface area contributed by atoms with Gasteiger partial charge >= 0.3 is 0 Å². The van der Waals surface area contributed by atoms with Gasteiger partial charge in [0.15, 0.2) is 0 Å². The van der Waals surface area contributed by atoms with Crippen LogP contribution < -0.4 is 5.32 Å². The first-order chi connectivity index (χ1) is 17.9. The number of nitrogens with one attached hydrogen (secondary N) is 1. The molecule has 2 aromatic carbocycles. The zero-order valence-electron chi connectivity index (χ0n) is 20.7. The normalized spacial score (nSPS) is 16.6. The lowest BCUT2D eigenvalue weighted by atomic mass is 9.92. The first kappa shape index (κ1) is 24.3. The molecular formula is C27H29N5O3S2. The van der Waals surface area contributed by atoms with Crippen LogP contribution in [0.1, 0.15) is 59.3 Å². The Labute approximate surface area is 220 Å². The molecule has 6 rings (SSSR count). The number of carbonyl (C=O) groups excluding carboxylic acids is 1. The summed E-state index contributed by atoms with van der Waals surface area (Å²) in [6.45, 7) is 2.96. The van der Waals surface area contributed by atoms with Crippen LogP contribution in [0, 0.1) is 6.92 Å². The molecule has 0 bridgehead atoms. The Bertz CT molecular complexity index is 1540. The Morgan fingerprint density at radius 1 is 0.946 bits per heavy atom. The van der Waals surface area contributed by atoms with Gasteiger partial charge in [-0.3, -0.25) is 4.79 Å². The monoisotopic (exact) mass is 535 g/mol. The van der Waals surface area contributed by atoms with Gasteiger partial charge in [0.2, 0.25) is 15.2 Å². The van der Waals surface area contributed by atoms with Gasteiger partial charge in [0.1, 0.15) is 5.82 Å². The molecule has 1 amide bonds. The predicted octanol–water partition coefficient (Wildman–Crippen LogP) is 5.10. The third-order valence-electron chi connectivity index (χ3n) is 7.16. The fraction of sp³-hybridized carbons (Fsp3) is 0.370. The Balaban J connectivity index is 1.24. The van der Waals surface area contributed by atoms with Crippen molar-refractivity contribution in [2.45, 2.75) is 56.8 Å². The van der Waals surface area contributed by atoms with E-state index in [1.54, 1.807) is 28.2 Å². The van der Waals surface area contributed by atoms with Gasteiger partial charge < -0.3 is 5.32 Å². The Kier molecular flexibility index (Phi) is 6.34. The van der Waals surface area contributed by atoms with E-state index >= 15 is 0 Å². The van der Waals surface area contributed by atoms with E-state index < -0.39 is 10.0 Å². The minimum absolute atomic E-state index is 0.212. The van der Waals surface area contributed by atoms with Crippen LogP contribution in [0.4, 0.5) is 5.82 Å². The van der Waals surface area contributed by atoms with Gasteiger partial charge in [-0.2, -0.15) is 14.1 Å². The number of thiazole rings is 1. The van der Waals surface area contributed by atoms with Gasteiger partial charge in [-0.25, -0.2) is 13.4 Å². The van der Waals surface area contributed by atoms with Crippen molar-refractivity contribution in [1.82, 2.24) is 19.1 Å². The lowest BCUT2D eigenvalue weighted by molar-refractivity contribution is 0.102. The molecule has 2 aliphatic rings. The van der Waals surface area contributed by atoms with Gasteiger partial charge in [-0.15, -0.1) is 0 Å². The molecule has 1 saturated heterocycles. The number of aryl methyl sites for hydroxylation is 3. The van der Waals surface area contributed by atoms with Crippen molar-refractivity contribution in [3.05, 3.63) is 64.8 Å². The summed E-state index contributed by atoms with van der Waals surface area (Å²) in [7, 11) is -3.54. The summed E-state index contributed by atoms with van der Waals surface area (Å²) in [5.74, 6) is 0.191. The van der Waals surface area contributed by atoms with Crippen molar-refractivity contribution in [2.24, 2.45) is 0 Å². The Morgan fingerprint density at radius 3 is 2.38 bits per heavy atom. The van der Waals surface area contributed by atoms with Gasteiger partial charge in [0.05, 0.1) is 20.8 Å². The van der Waals surface area contributed by atoms with Crippen molar-refractivity contribution in [3.63, 3.8) is 0 Å². The molecule has 1 N–H and O–H groups in total. The van der Waals surface area contributed by atoms with Gasteiger partial charge in [0, 0.05) is 24.7 Å². The van der Waals surface area contributed by atoms with Crippen LogP contribution >= 0.6 is 11.3 Å². The van der Waals surface area contributed by atoms with E-state index in [4.69, 9.17) is 4.98 Å². The number of nitrogens with zero attached hydrogens (tertiary/aromatic N) is 4. The van der Waals surface area contributed by atoms with Crippen LogP contribution in [0.3, 0.4) is 0 Å². The summed E-state index contributed by atoms with van der Waals surface area (Å²) >= 11 is 1.56. The minimum Gasteiger partial charge on any atom is -0.306 e. The zero-order chi connectivity index (χ0) is 25.6. The average Bonchev–Trinajstić information content (AvgIpc) is 3.49. The number of sulfonamides is 1. The lowest BCUT2D eigenvalue weighted by Crippen LogP contribution is -2.35. The van der Waals surface area contributed by atoms with E-state index in [9.17, 15) is 13.2 Å². The second kappa shape index (κ2) is 9.66. The van der Waals surface area contributed by atoms with Crippen LogP contribution in [0.15, 0.2) is 47.4 Å². The first-order valence-electron chi connectivity index (χ1n) is 12.8. The number of aromatic nitrogens is 3. The maximum absolute atomic E-state index is 13.1. The summed E-state index contributed by atoms with van der Waals surface area (Å²) < 4.78 is 30.2. The number of amides is 1. The van der Waals surface area contributed by atoms with Crippen LogP contribution in [0.2, 0.25) is 0 Å². The van der Waals surface area contributed by atoms with Crippen LogP contribution in [0.25, 0.3) is 15.3 Å². The number of rotatable bonds is 5. The standard InChI is InChI=1S/C27H29N5O3S2/c1-18-15-25(32(30-18)27-28-23-16-20-7-3-4-8-21(20)17-24(23)36-27)29-26(33)19-9-11-22(12-10-19)37(34,35)31-13-5-2-6-14-31/h9-12,15-17H,2-8,13-14H2,1H3,(H,29,33). The molecular weight excluding hydrogens is 506 g/mol. The first-order valence-corrected chi connectivity index (χ1v) is 15.0. The van der Waals surface area contributed by atoms with E-state index in [-0.39, 0.29) is 10.8 Å². The highest BCUT2D eigenvalue weighted by Crippen LogP contribution is 2.32. The van der Waals surface area contributed by atoms with E-state index in [0.29, 0.717) is 29.6 Å². The van der Waals surface area contributed by atoms with E-state index in [1.165, 1.54) is 40.4 Å². The number of anilines is 1. The van der Waals surface area contributed by atoms with Crippen molar-refractivity contribution >= 4 is 43.3 Å². The van der Waals surface area contributed by atoms with E-state index in [0.717, 1.165) is 48.0 Å². The summed E-state index contributed by atoms with van der Waals surface area (Å²) in [4.78, 5) is 18.1. The van der Waals surface area contributed by atoms with Crippen molar-refractivity contribution in [2.75, 3.05) is 18.4 Å². The van der Waals surface area contributed by atoms with E-state index in [2.05, 4.69) is 22.5 Å². The molecule has 0 spiro atoms. The summed E-state index contributed by atoms with van der Waals surface area (Å²) in [5, 5.41) is 8.22. The van der Waals surface area contributed by atoms with Crippen molar-refractivity contribution in [1.29, 1.82) is 0 Å². The molecule has 4 aromatic rings. The molecule has 37 heavy (non-hydrogen) atoms. The van der Waals surface area contributed by atoms with Gasteiger partial charge in [-0.1, -0.05) is 17.8 Å². The summed E-state index contributed by atoms with van der Waals surface area (Å²) in [5.41, 5.74) is 4.88. The smallest absolute Gasteiger partial charge is 0.256 e. The molecule has 0 unspecified atom stereocenters. The average molecular weight is 536 g/mol. The molecule has 10 heteroatoms. The zero-order valence-corrected chi connectivity index (χ0v) is 22.4. The maximum Gasteiger partial charge on any atom is 0.256 e. The van der Waals surface area contributed by atoms with Crippen LogP contribution in [-0.4, -0.2) is 46.5 Å². The fourth-order valence-electron chi connectivity index (χ4n) is 5.19. The largest absolute Gasteiger partial charge is 0.306 e. The molecule has 1 fully saturated rings. The summed E-state index contributed by atoms with van der Waals surface area (Å²) in [6.07, 6.45) is 7.46. The van der Waals surface area contributed by atoms with Crippen molar-refractivity contribution < 1.29 is 13.2 Å². The topological polar surface area (TPSA) is 97.2 Å². The molecule has 0 saturated carbocycles. The van der Waals surface area contributed by atoms with Gasteiger partial charge in [0.25, 0.3) is 5.91 Å². The number of fused-ring (bicyclic) bond motifs is 2. The molecule has 2 aromatic heterocycles. The SMILES string of the molecule is Cc1cc(NC(=O)c2ccc(S(=O)(=O)N3CCCCC3)cc2)n(-c2nc3cc4c(cc3s2)CCCC4)n1. The third-order valence-corrected chi connectivity index (χ3v) is 10.1. The number of hydrogen-bond donors (Lipinski definition) is 1. The molecule has 1 aliphatic carbocycles. The fourth-order valence-corrected chi connectivity index (χ4v) is 7.68. The predicted molar refractivity (Wildman–Crippen MR) is 145 cm³/mol. The molecule has 1 aliphatic heterocycles. The Hall–Kier alpha value is -3.08. The van der Waals surface area contributed by atoms with Crippen LogP contribution in [-0.2, 0) is 22.9 Å². The van der Waals surface area contributed by atoms with Crippen LogP contribution in [0.5, 0.6) is 0 Å². The number of carbonyl (C=O) groups is 1. The minimum atomic E-state index is -3.54. The van der Waals surface area contributed by atoms with Crippen molar-refractivity contribution in [3.8, 4) is 5.13 Å². The lowest BCUT2D eigenvalue weighted by Gasteiger charge is -2.25. The molecule has 0 radical (unpaired) electrons. The highest BCUT2D eigenvalue weighted by atomic mass is 32.2. The number of benzene rings is 2. The number of piperidine rings is 1. The quantitative estimate of drug-likeness (QED) is 0.384. The summed E-state index contributed by atoms with van der Waals surface area (Å²) in [6, 6.07) is 12.4. The maximum atomic E-state index is 13.1. The second-order valence-corrected chi connectivity index (χ2v) is 12.8. The third kappa shape index (κ3) is 4.69. The Morgan fingerprint density at radius 2 is 1.65 bits per heavy atom. The molecule has 192 valence electrons.